The lowest BCUT2D eigenvalue weighted by molar-refractivity contribution is -0.144. The van der Waals surface area contributed by atoms with Crippen LogP contribution in [0.2, 0.25) is 0 Å². The lowest BCUT2D eigenvalue weighted by Crippen LogP contribution is -2.32. The summed E-state index contributed by atoms with van der Waals surface area (Å²) in [6, 6.07) is 0. The van der Waals surface area contributed by atoms with Gasteiger partial charge in [0.2, 0.25) is 5.91 Å². The molecule has 0 saturated carbocycles. The average Bonchev–Trinajstić information content (AvgIpc) is 2.65. The Bertz CT molecular complexity index is 237. The molecule has 0 bridgehead atoms. The summed E-state index contributed by atoms with van der Waals surface area (Å²) >= 11 is 0. The lowest BCUT2D eigenvalue weighted by Gasteiger charge is -2.19. The van der Waals surface area contributed by atoms with E-state index < -0.39 is 12.6 Å². The van der Waals surface area contributed by atoms with Crippen LogP contribution in [0.15, 0.2) is 0 Å². The molecule has 1 N–H and O–H groups in total. The molecule has 1 fully saturated rings. The van der Waals surface area contributed by atoms with E-state index in [1.165, 1.54) is 11.9 Å². The van der Waals surface area contributed by atoms with Gasteiger partial charge >= 0.3 is 6.18 Å². The number of nitrogens with zero attached hydrogens (tertiary/aromatic N) is 1. The molecule has 16 heavy (non-hydrogen) atoms. The molecule has 0 spiro atoms. The van der Waals surface area contributed by atoms with Crippen LogP contribution in [0.3, 0.4) is 0 Å². The largest absolute Gasteiger partial charge is 0.390 e. The van der Waals surface area contributed by atoms with Crippen molar-refractivity contribution in [2.24, 2.45) is 5.92 Å². The highest BCUT2D eigenvalue weighted by molar-refractivity contribution is 5.76. The number of halogens is 3. The maximum Gasteiger partial charge on any atom is 0.390 e. The lowest BCUT2D eigenvalue weighted by atomic mass is 10.0. The molecule has 0 aromatic carbocycles. The van der Waals surface area contributed by atoms with Crippen molar-refractivity contribution in [3.8, 4) is 0 Å². The van der Waals surface area contributed by atoms with E-state index in [-0.39, 0.29) is 18.4 Å². The van der Waals surface area contributed by atoms with Gasteiger partial charge in [-0.25, -0.2) is 0 Å². The Morgan fingerprint density at radius 1 is 1.50 bits per heavy atom. The van der Waals surface area contributed by atoms with Gasteiger partial charge in [0.1, 0.15) is 0 Å². The van der Waals surface area contributed by atoms with Gasteiger partial charge in [0.05, 0.1) is 6.42 Å². The van der Waals surface area contributed by atoms with Gasteiger partial charge in [0, 0.05) is 20.0 Å². The summed E-state index contributed by atoms with van der Waals surface area (Å²) in [6.45, 7) is 1.44. The highest BCUT2D eigenvalue weighted by Crippen LogP contribution is 2.20. The van der Waals surface area contributed by atoms with Gasteiger partial charge < -0.3 is 10.2 Å². The Morgan fingerprint density at radius 2 is 2.19 bits per heavy atom. The fourth-order valence-corrected chi connectivity index (χ4v) is 1.71. The number of alkyl halides is 3. The van der Waals surface area contributed by atoms with Crippen LogP contribution in [-0.2, 0) is 4.79 Å². The molecule has 6 heteroatoms. The van der Waals surface area contributed by atoms with Crippen LogP contribution in [-0.4, -0.2) is 43.7 Å². The molecule has 0 aromatic heterocycles. The van der Waals surface area contributed by atoms with E-state index in [9.17, 15) is 18.0 Å². The molecule has 1 rings (SSSR count). The molecule has 1 atom stereocenters. The third-order valence-corrected chi connectivity index (χ3v) is 2.78. The van der Waals surface area contributed by atoms with E-state index in [1.54, 1.807) is 0 Å². The normalized spacial score (nSPS) is 21.1. The van der Waals surface area contributed by atoms with E-state index in [1.807, 2.05) is 0 Å². The molecule has 1 heterocycles. The van der Waals surface area contributed by atoms with Gasteiger partial charge in [-0.05, 0) is 25.4 Å². The molecule has 1 unspecified atom stereocenters. The second-order valence-electron chi connectivity index (χ2n) is 4.24. The zero-order valence-electron chi connectivity index (χ0n) is 9.31. The summed E-state index contributed by atoms with van der Waals surface area (Å²) in [6.07, 6.45) is -3.85. The molecule has 0 aromatic rings. The van der Waals surface area contributed by atoms with Crippen LogP contribution >= 0.6 is 0 Å². The summed E-state index contributed by atoms with van der Waals surface area (Å²) in [4.78, 5) is 12.7. The second kappa shape index (κ2) is 5.52. The minimum Gasteiger partial charge on any atom is -0.345 e. The van der Waals surface area contributed by atoms with Gasteiger partial charge in [-0.1, -0.05) is 0 Å². The van der Waals surface area contributed by atoms with Crippen molar-refractivity contribution in [3.05, 3.63) is 0 Å². The van der Waals surface area contributed by atoms with Crippen LogP contribution in [0.4, 0.5) is 13.2 Å². The number of rotatable bonds is 4. The fourth-order valence-electron chi connectivity index (χ4n) is 1.71. The van der Waals surface area contributed by atoms with Crippen LogP contribution in [0.25, 0.3) is 0 Å². The average molecular weight is 238 g/mol. The smallest absolute Gasteiger partial charge is 0.345 e. The Balaban J connectivity index is 2.24. The number of amides is 1. The molecule has 0 aliphatic carbocycles. The molecule has 1 saturated heterocycles. The van der Waals surface area contributed by atoms with Crippen molar-refractivity contribution < 1.29 is 18.0 Å². The van der Waals surface area contributed by atoms with Crippen molar-refractivity contribution in [1.29, 1.82) is 0 Å². The Morgan fingerprint density at radius 3 is 2.69 bits per heavy atom. The molecule has 1 amide bonds. The van der Waals surface area contributed by atoms with Crippen LogP contribution < -0.4 is 5.32 Å². The maximum absolute atomic E-state index is 11.9. The Labute approximate surface area is 93.0 Å². The topological polar surface area (TPSA) is 32.3 Å². The summed E-state index contributed by atoms with van der Waals surface area (Å²) in [5.74, 6) is 0.0822. The predicted octanol–water partition coefficient (Wildman–Crippen LogP) is 1.40. The van der Waals surface area contributed by atoms with E-state index in [4.69, 9.17) is 0 Å². The van der Waals surface area contributed by atoms with Gasteiger partial charge in [0.15, 0.2) is 0 Å². The zero-order chi connectivity index (χ0) is 12.2. The first-order valence-corrected chi connectivity index (χ1v) is 5.40. The monoisotopic (exact) mass is 238 g/mol. The molecular weight excluding hydrogens is 221 g/mol. The first kappa shape index (κ1) is 13.3. The minimum absolute atomic E-state index is 0.196. The summed E-state index contributed by atoms with van der Waals surface area (Å²) in [7, 11) is 1.43. The summed E-state index contributed by atoms with van der Waals surface area (Å²) < 4.78 is 35.8. The predicted molar refractivity (Wildman–Crippen MR) is 53.9 cm³/mol. The number of nitrogens with one attached hydrogen (secondary N) is 1. The van der Waals surface area contributed by atoms with Crippen LogP contribution in [0.1, 0.15) is 19.3 Å². The number of hydrogen-bond acceptors (Lipinski definition) is 2. The third kappa shape index (κ3) is 4.83. The molecule has 3 nitrogen and oxygen atoms in total. The number of carbonyl (C=O) groups is 1. The van der Waals surface area contributed by atoms with Crippen molar-refractivity contribution in [3.63, 3.8) is 0 Å². The Kier molecular flexibility index (Phi) is 4.58. The summed E-state index contributed by atoms with van der Waals surface area (Å²) in [5.41, 5.74) is 0. The highest BCUT2D eigenvalue weighted by Gasteiger charge is 2.28. The minimum atomic E-state index is -4.19. The molecule has 1 aliphatic heterocycles. The van der Waals surface area contributed by atoms with Crippen molar-refractivity contribution in [1.82, 2.24) is 10.2 Å². The third-order valence-electron chi connectivity index (χ3n) is 2.78. The first-order chi connectivity index (χ1) is 7.38. The second-order valence-corrected chi connectivity index (χ2v) is 4.24. The van der Waals surface area contributed by atoms with Gasteiger partial charge in [0.25, 0.3) is 0 Å². The fraction of sp³-hybridized carbons (Fsp3) is 0.900. The Hall–Kier alpha value is -0.780. The molecule has 0 radical (unpaired) electrons. The van der Waals surface area contributed by atoms with Gasteiger partial charge in [-0.3, -0.25) is 4.79 Å². The van der Waals surface area contributed by atoms with Gasteiger partial charge in [-0.15, -0.1) is 0 Å². The van der Waals surface area contributed by atoms with E-state index in [0.29, 0.717) is 6.42 Å². The van der Waals surface area contributed by atoms with Crippen LogP contribution in [0, 0.1) is 5.92 Å². The summed E-state index contributed by atoms with van der Waals surface area (Å²) in [5, 5.41) is 3.12. The number of carbonyl (C=O) groups excluding carboxylic acids is 1. The molecule has 1 aliphatic rings. The van der Waals surface area contributed by atoms with Crippen molar-refractivity contribution in [2.75, 3.05) is 26.7 Å². The molecule has 94 valence electrons. The zero-order valence-corrected chi connectivity index (χ0v) is 9.31. The van der Waals surface area contributed by atoms with E-state index in [2.05, 4.69) is 5.32 Å². The highest BCUT2D eigenvalue weighted by atomic mass is 19.4. The maximum atomic E-state index is 11.9. The standard InChI is InChI=1S/C10H17F3N2O/c1-15(5-3-10(11,12)13)9(16)6-8-2-4-14-7-8/h8,14H,2-7H2,1H3. The molecular formula is C10H17F3N2O. The van der Waals surface area contributed by atoms with E-state index >= 15 is 0 Å². The van der Waals surface area contributed by atoms with E-state index in [0.717, 1.165) is 19.5 Å². The van der Waals surface area contributed by atoms with Crippen LogP contribution in [0.5, 0.6) is 0 Å². The SMILES string of the molecule is CN(CCC(F)(F)F)C(=O)CC1CCNC1. The number of hydrogen-bond donors (Lipinski definition) is 1. The quantitative estimate of drug-likeness (QED) is 0.803. The van der Waals surface area contributed by atoms with Gasteiger partial charge in [-0.2, -0.15) is 13.2 Å². The van der Waals surface area contributed by atoms with Crippen molar-refractivity contribution in [2.45, 2.75) is 25.4 Å². The van der Waals surface area contributed by atoms with Crippen molar-refractivity contribution >= 4 is 5.91 Å². The first-order valence-electron chi connectivity index (χ1n) is 5.40.